The Morgan fingerprint density at radius 3 is 2.80 bits per heavy atom. The van der Waals surface area contributed by atoms with Crippen LogP contribution in [0.2, 0.25) is 0 Å². The lowest BCUT2D eigenvalue weighted by Gasteiger charge is -2.22. The monoisotopic (exact) mass is 213 g/mol. The first-order chi connectivity index (χ1) is 6.94. The molecule has 0 aromatic heterocycles. The number of rotatable bonds is 4. The van der Waals surface area contributed by atoms with E-state index in [2.05, 4.69) is 0 Å². The molecule has 0 aliphatic heterocycles. The zero-order valence-electron chi connectivity index (χ0n) is 8.47. The summed E-state index contributed by atoms with van der Waals surface area (Å²) in [6.07, 6.45) is 5.72. The molecule has 0 aromatic carbocycles. The Morgan fingerprint density at radius 1 is 1.73 bits per heavy atom. The van der Waals surface area contributed by atoms with E-state index < -0.39 is 17.6 Å². The number of nitrogens with one attached hydrogen (secondary N) is 1. The molecule has 0 saturated heterocycles. The van der Waals surface area contributed by atoms with Gasteiger partial charge >= 0.3 is 5.97 Å². The van der Waals surface area contributed by atoms with E-state index in [1.165, 1.54) is 0 Å². The van der Waals surface area contributed by atoms with Gasteiger partial charge in [-0.2, -0.15) is 5.48 Å². The quantitative estimate of drug-likeness (QED) is 0.509. The van der Waals surface area contributed by atoms with Crippen molar-refractivity contribution in [3.8, 4) is 0 Å². The molecule has 0 amide bonds. The lowest BCUT2D eigenvalue weighted by Crippen LogP contribution is -2.34. The molecule has 0 spiro atoms. The summed E-state index contributed by atoms with van der Waals surface area (Å²) in [5.74, 6) is -1.11. The number of carboxylic acid groups (broad SMARTS) is 1. The van der Waals surface area contributed by atoms with E-state index in [9.17, 15) is 9.90 Å². The highest BCUT2D eigenvalue weighted by molar-refractivity contribution is 5.73. The van der Waals surface area contributed by atoms with Gasteiger partial charge in [0.1, 0.15) is 6.04 Å². The fourth-order valence-corrected chi connectivity index (χ4v) is 1.34. The van der Waals surface area contributed by atoms with Gasteiger partial charge in [0.15, 0.2) is 0 Å². The first-order valence-electron chi connectivity index (χ1n) is 4.68. The Bertz CT molecular complexity index is 307. The Kier molecular flexibility index (Phi) is 3.62. The molecule has 0 radical (unpaired) electrons. The zero-order valence-corrected chi connectivity index (χ0v) is 8.47. The van der Waals surface area contributed by atoms with Gasteiger partial charge in [-0.15, -0.1) is 0 Å². The summed E-state index contributed by atoms with van der Waals surface area (Å²) in [5.41, 5.74) is 1.67. The minimum atomic E-state index is -1.11. The third-order valence-electron chi connectivity index (χ3n) is 2.33. The standard InChI is InChI=1S/C10H15NO4/c1-10(14)4-2-7(3-5-10)6-8(11-15)9(12)13/h2-4,8,11,14-15H,5-6H2,1H3,(H,12,13)/t8-,10?/m0/s1. The Labute approximate surface area is 87.7 Å². The molecule has 15 heavy (non-hydrogen) atoms. The second-order valence-corrected chi connectivity index (χ2v) is 3.90. The number of carbonyl (C=O) groups is 1. The van der Waals surface area contributed by atoms with Crippen molar-refractivity contribution in [3.63, 3.8) is 0 Å². The summed E-state index contributed by atoms with van der Waals surface area (Å²) in [5, 5.41) is 26.9. The van der Waals surface area contributed by atoms with Crippen LogP contribution in [0.15, 0.2) is 23.8 Å². The second kappa shape index (κ2) is 4.57. The molecule has 1 aliphatic carbocycles. The summed E-state index contributed by atoms with van der Waals surface area (Å²) in [6, 6.07) is -1.01. The van der Waals surface area contributed by atoms with Crippen molar-refractivity contribution in [1.82, 2.24) is 5.48 Å². The fraction of sp³-hybridized carbons (Fsp3) is 0.500. The van der Waals surface area contributed by atoms with Gasteiger partial charge in [0, 0.05) is 6.42 Å². The van der Waals surface area contributed by atoms with Crippen molar-refractivity contribution in [3.05, 3.63) is 23.8 Å². The first-order valence-corrected chi connectivity index (χ1v) is 4.68. The molecule has 0 heterocycles. The van der Waals surface area contributed by atoms with Crippen LogP contribution in [0.4, 0.5) is 0 Å². The first kappa shape index (κ1) is 11.9. The molecule has 1 rings (SSSR count). The number of aliphatic carboxylic acids is 1. The largest absolute Gasteiger partial charge is 0.480 e. The van der Waals surface area contributed by atoms with Crippen LogP contribution < -0.4 is 5.48 Å². The van der Waals surface area contributed by atoms with Crippen LogP contribution in [0.1, 0.15) is 19.8 Å². The number of carboxylic acids is 1. The lowest BCUT2D eigenvalue weighted by molar-refractivity contribution is -0.142. The van der Waals surface area contributed by atoms with Crippen molar-refractivity contribution in [2.45, 2.75) is 31.4 Å². The van der Waals surface area contributed by atoms with Crippen molar-refractivity contribution in [1.29, 1.82) is 0 Å². The van der Waals surface area contributed by atoms with Crippen LogP contribution in [-0.2, 0) is 4.79 Å². The van der Waals surface area contributed by atoms with Crippen LogP contribution in [0.25, 0.3) is 0 Å². The molecule has 0 saturated carbocycles. The summed E-state index contributed by atoms with van der Waals surface area (Å²) in [7, 11) is 0. The number of hydrogen-bond donors (Lipinski definition) is 4. The molecule has 0 bridgehead atoms. The van der Waals surface area contributed by atoms with Crippen molar-refractivity contribution >= 4 is 5.97 Å². The van der Waals surface area contributed by atoms with E-state index in [1.807, 2.05) is 0 Å². The van der Waals surface area contributed by atoms with Gasteiger partial charge in [0.2, 0.25) is 0 Å². The van der Waals surface area contributed by atoms with Crippen molar-refractivity contribution in [2.75, 3.05) is 0 Å². The van der Waals surface area contributed by atoms with Gasteiger partial charge in [0.25, 0.3) is 0 Å². The fourth-order valence-electron chi connectivity index (χ4n) is 1.34. The van der Waals surface area contributed by atoms with Gasteiger partial charge in [0.05, 0.1) is 5.60 Å². The molecule has 84 valence electrons. The normalized spacial score (nSPS) is 27.3. The topological polar surface area (TPSA) is 89.8 Å². The SMILES string of the molecule is CC1(O)C=CC(C[C@H](NO)C(=O)O)=CC1. The maximum atomic E-state index is 10.6. The Hall–Kier alpha value is -1.17. The van der Waals surface area contributed by atoms with Gasteiger partial charge in [-0.05, 0) is 18.9 Å². The highest BCUT2D eigenvalue weighted by Crippen LogP contribution is 2.22. The summed E-state index contributed by atoms with van der Waals surface area (Å²) < 4.78 is 0. The average Bonchev–Trinajstić information content (AvgIpc) is 2.15. The van der Waals surface area contributed by atoms with Gasteiger partial charge in [-0.25, -0.2) is 0 Å². The van der Waals surface area contributed by atoms with Gasteiger partial charge in [-0.1, -0.05) is 18.2 Å². The van der Waals surface area contributed by atoms with Crippen LogP contribution in [0, 0.1) is 0 Å². The minimum Gasteiger partial charge on any atom is -0.480 e. The number of hydroxylamine groups is 1. The smallest absolute Gasteiger partial charge is 0.323 e. The predicted molar refractivity (Wildman–Crippen MR) is 53.4 cm³/mol. The molecule has 4 N–H and O–H groups in total. The lowest BCUT2D eigenvalue weighted by atomic mass is 9.91. The number of aliphatic hydroxyl groups is 1. The Morgan fingerprint density at radius 2 is 2.40 bits per heavy atom. The molecule has 0 aromatic rings. The maximum Gasteiger partial charge on any atom is 0.323 e. The molecule has 0 fully saturated rings. The van der Waals surface area contributed by atoms with Crippen LogP contribution >= 0.6 is 0 Å². The van der Waals surface area contributed by atoms with E-state index in [0.29, 0.717) is 6.42 Å². The Balaban J connectivity index is 2.58. The molecular weight excluding hydrogens is 198 g/mol. The summed E-state index contributed by atoms with van der Waals surface area (Å²) >= 11 is 0. The van der Waals surface area contributed by atoms with E-state index in [0.717, 1.165) is 5.57 Å². The summed E-state index contributed by atoms with van der Waals surface area (Å²) in [6.45, 7) is 1.68. The molecular formula is C10H15NO4. The second-order valence-electron chi connectivity index (χ2n) is 3.90. The van der Waals surface area contributed by atoms with Gasteiger partial charge in [-0.3, -0.25) is 4.79 Å². The minimum absolute atomic E-state index is 0.193. The molecule has 1 unspecified atom stereocenters. The van der Waals surface area contributed by atoms with Crippen molar-refractivity contribution in [2.24, 2.45) is 0 Å². The third kappa shape index (κ3) is 3.47. The van der Waals surface area contributed by atoms with E-state index in [-0.39, 0.29) is 6.42 Å². The van der Waals surface area contributed by atoms with E-state index >= 15 is 0 Å². The predicted octanol–water partition coefficient (Wildman–Crippen LogP) is 0.446. The molecule has 1 aliphatic rings. The molecule has 5 nitrogen and oxygen atoms in total. The van der Waals surface area contributed by atoms with E-state index in [1.54, 1.807) is 30.6 Å². The van der Waals surface area contributed by atoms with Crippen LogP contribution in [-0.4, -0.2) is 33.0 Å². The van der Waals surface area contributed by atoms with E-state index in [4.69, 9.17) is 10.3 Å². The molecule has 5 heteroatoms. The highest BCUT2D eigenvalue weighted by atomic mass is 16.5. The van der Waals surface area contributed by atoms with Gasteiger partial charge < -0.3 is 15.4 Å². The average molecular weight is 213 g/mol. The summed E-state index contributed by atoms with van der Waals surface area (Å²) in [4.78, 5) is 10.6. The van der Waals surface area contributed by atoms with Crippen LogP contribution in [0.3, 0.4) is 0 Å². The van der Waals surface area contributed by atoms with Crippen molar-refractivity contribution < 1.29 is 20.2 Å². The maximum absolute atomic E-state index is 10.6. The number of allylic oxidation sites excluding steroid dienone is 1. The molecule has 2 atom stereocenters. The van der Waals surface area contributed by atoms with Crippen LogP contribution in [0.5, 0.6) is 0 Å². The zero-order chi connectivity index (χ0) is 11.5. The highest BCUT2D eigenvalue weighted by Gasteiger charge is 2.22. The number of hydrogen-bond acceptors (Lipinski definition) is 4. The third-order valence-corrected chi connectivity index (χ3v) is 2.33.